The summed E-state index contributed by atoms with van der Waals surface area (Å²) in [6.45, 7) is 3.81. The number of fused-ring (bicyclic) bond motifs is 4. The molecule has 46 heavy (non-hydrogen) atoms. The molecule has 4 amide bonds. The highest BCUT2D eigenvalue weighted by molar-refractivity contribution is 5.93. The number of ether oxygens (including phenoxy) is 1. The maximum atomic E-state index is 13.1. The Balaban J connectivity index is 1.12. The molecule has 2 atom stereocenters. The molecule has 0 saturated heterocycles. The smallest absolute Gasteiger partial charge is 0.407 e. The van der Waals surface area contributed by atoms with Gasteiger partial charge in [-0.25, -0.2) is 4.79 Å². The summed E-state index contributed by atoms with van der Waals surface area (Å²) in [5.41, 5.74) is 10.9. The average molecular weight is 619 g/mol. The number of hydrogen-bond acceptors (Lipinski definition) is 5. The number of nitrogens with one attached hydrogen (secondary N) is 3. The molecule has 5 N–H and O–H groups in total. The Morgan fingerprint density at radius 3 is 2.20 bits per heavy atom. The second kappa shape index (κ2) is 15.0. The lowest BCUT2D eigenvalue weighted by Crippen LogP contribution is -2.51. The molecule has 0 aromatic heterocycles. The molecule has 4 aromatic rings. The maximum absolute atomic E-state index is 13.1. The fourth-order valence-electron chi connectivity index (χ4n) is 6.08. The molecule has 236 valence electrons. The van der Waals surface area contributed by atoms with Crippen molar-refractivity contribution in [1.29, 1.82) is 0 Å². The minimum absolute atomic E-state index is 0.0346. The van der Waals surface area contributed by atoms with Crippen LogP contribution in [0.25, 0.3) is 21.9 Å². The molecule has 0 heterocycles. The minimum atomic E-state index is -1.20. The Bertz CT molecular complexity index is 1700. The zero-order valence-electron chi connectivity index (χ0n) is 25.5. The number of carbonyl (C=O) groups is 4. The first-order valence-electron chi connectivity index (χ1n) is 15.4. The van der Waals surface area contributed by atoms with E-state index in [-0.39, 0.29) is 18.4 Å². The standard InChI is InChI=1S/C37H38N4O5/c1-2-10-24(19-26-13-9-12-25-11-3-4-14-27(25)26)21-39-36(44)33(20-34(38)42)41-35(43)22-40-37(45)46-23-32-30-17-7-5-15-28(30)29-16-6-8-18-31(29)32/h2-9,11-18,24,32-33H,1,10,19-23H2,(H2,38,42)(H,39,44)(H,40,45)(H,41,43)/t24-,33-/m0/s1. The van der Waals surface area contributed by atoms with Crippen LogP contribution in [-0.2, 0) is 25.5 Å². The molecule has 0 aliphatic heterocycles. The third kappa shape index (κ3) is 7.79. The lowest BCUT2D eigenvalue weighted by atomic mass is 9.92. The maximum Gasteiger partial charge on any atom is 0.407 e. The first-order valence-corrected chi connectivity index (χ1v) is 15.4. The van der Waals surface area contributed by atoms with E-state index >= 15 is 0 Å². The Morgan fingerprint density at radius 2 is 1.50 bits per heavy atom. The van der Waals surface area contributed by atoms with Crippen LogP contribution < -0.4 is 21.7 Å². The normalized spacial score (nSPS) is 13.1. The summed E-state index contributed by atoms with van der Waals surface area (Å²) < 4.78 is 5.48. The first kappa shape index (κ1) is 32.0. The molecule has 0 radical (unpaired) electrons. The van der Waals surface area contributed by atoms with E-state index in [1.807, 2.05) is 66.7 Å². The highest BCUT2D eigenvalue weighted by Crippen LogP contribution is 2.44. The van der Waals surface area contributed by atoms with E-state index < -0.39 is 42.8 Å². The molecule has 4 aromatic carbocycles. The van der Waals surface area contributed by atoms with Crippen LogP contribution in [0.1, 0.15) is 35.4 Å². The number of carbonyl (C=O) groups excluding carboxylic acids is 4. The molecule has 1 aliphatic carbocycles. The number of hydrogen-bond donors (Lipinski definition) is 4. The summed E-state index contributed by atoms with van der Waals surface area (Å²) >= 11 is 0. The average Bonchev–Trinajstić information content (AvgIpc) is 3.38. The van der Waals surface area contributed by atoms with Gasteiger partial charge in [0.25, 0.3) is 0 Å². The fraction of sp³-hybridized carbons (Fsp3) is 0.243. The summed E-state index contributed by atoms with van der Waals surface area (Å²) in [6, 6.07) is 29.0. The molecular formula is C37H38N4O5. The molecule has 1 aliphatic rings. The zero-order valence-corrected chi connectivity index (χ0v) is 25.5. The number of allylic oxidation sites excluding steroid dienone is 1. The van der Waals surface area contributed by atoms with Gasteiger partial charge in [0, 0.05) is 12.5 Å². The molecule has 9 heteroatoms. The third-order valence-electron chi connectivity index (χ3n) is 8.25. The number of amides is 4. The van der Waals surface area contributed by atoms with E-state index in [1.54, 1.807) is 6.08 Å². The summed E-state index contributed by atoms with van der Waals surface area (Å²) in [7, 11) is 0. The van der Waals surface area contributed by atoms with Crippen LogP contribution in [0.5, 0.6) is 0 Å². The summed E-state index contributed by atoms with van der Waals surface area (Å²) in [6.07, 6.45) is 2.00. The van der Waals surface area contributed by atoms with Crippen LogP contribution >= 0.6 is 0 Å². The van der Waals surface area contributed by atoms with E-state index in [9.17, 15) is 19.2 Å². The van der Waals surface area contributed by atoms with Gasteiger partial charge in [0.1, 0.15) is 19.2 Å². The number of primary amides is 1. The molecule has 0 unspecified atom stereocenters. The van der Waals surface area contributed by atoms with Crippen molar-refractivity contribution in [1.82, 2.24) is 16.0 Å². The van der Waals surface area contributed by atoms with Crippen molar-refractivity contribution in [3.05, 3.63) is 120 Å². The van der Waals surface area contributed by atoms with Gasteiger partial charge in [-0.15, -0.1) is 6.58 Å². The predicted molar refractivity (Wildman–Crippen MR) is 178 cm³/mol. The van der Waals surface area contributed by atoms with Gasteiger partial charge < -0.3 is 26.4 Å². The summed E-state index contributed by atoms with van der Waals surface area (Å²) in [5, 5.41) is 10.1. The number of nitrogens with two attached hydrogens (primary N) is 1. The molecule has 0 saturated carbocycles. The molecular weight excluding hydrogens is 580 g/mol. The van der Waals surface area contributed by atoms with Crippen LogP contribution in [0.2, 0.25) is 0 Å². The predicted octanol–water partition coefficient (Wildman–Crippen LogP) is 4.59. The third-order valence-corrected chi connectivity index (χ3v) is 8.25. The van der Waals surface area contributed by atoms with Crippen LogP contribution in [0.4, 0.5) is 4.79 Å². The zero-order chi connectivity index (χ0) is 32.5. The van der Waals surface area contributed by atoms with Crippen molar-refractivity contribution in [2.75, 3.05) is 19.7 Å². The molecule has 0 spiro atoms. The molecule has 9 nitrogen and oxygen atoms in total. The lowest BCUT2D eigenvalue weighted by Gasteiger charge is -2.21. The largest absolute Gasteiger partial charge is 0.449 e. The summed E-state index contributed by atoms with van der Waals surface area (Å²) in [5.74, 6) is -2.04. The van der Waals surface area contributed by atoms with Crippen molar-refractivity contribution in [2.24, 2.45) is 11.7 Å². The van der Waals surface area contributed by atoms with Gasteiger partial charge in [-0.05, 0) is 57.3 Å². The van der Waals surface area contributed by atoms with E-state index in [0.717, 1.165) is 38.6 Å². The molecule has 0 bridgehead atoms. The Labute approximate surface area is 268 Å². The van der Waals surface area contributed by atoms with Gasteiger partial charge >= 0.3 is 6.09 Å². The fourth-order valence-corrected chi connectivity index (χ4v) is 6.08. The lowest BCUT2D eigenvalue weighted by molar-refractivity contribution is -0.131. The van der Waals surface area contributed by atoms with Crippen molar-refractivity contribution in [3.8, 4) is 11.1 Å². The topological polar surface area (TPSA) is 140 Å². The highest BCUT2D eigenvalue weighted by atomic mass is 16.5. The van der Waals surface area contributed by atoms with Gasteiger partial charge in [-0.3, -0.25) is 14.4 Å². The van der Waals surface area contributed by atoms with Crippen molar-refractivity contribution in [2.45, 2.75) is 31.2 Å². The van der Waals surface area contributed by atoms with Gasteiger partial charge in [0.05, 0.1) is 6.42 Å². The number of benzene rings is 4. The van der Waals surface area contributed by atoms with E-state index in [2.05, 4.69) is 46.8 Å². The monoisotopic (exact) mass is 618 g/mol. The van der Waals surface area contributed by atoms with Crippen LogP contribution in [0.15, 0.2) is 104 Å². The highest BCUT2D eigenvalue weighted by Gasteiger charge is 2.29. The van der Waals surface area contributed by atoms with Crippen molar-refractivity contribution in [3.63, 3.8) is 0 Å². The minimum Gasteiger partial charge on any atom is -0.449 e. The summed E-state index contributed by atoms with van der Waals surface area (Å²) in [4.78, 5) is 50.1. The van der Waals surface area contributed by atoms with Gasteiger partial charge in [-0.2, -0.15) is 0 Å². The first-order chi connectivity index (χ1) is 22.3. The van der Waals surface area contributed by atoms with Gasteiger partial charge in [-0.1, -0.05) is 97.1 Å². The van der Waals surface area contributed by atoms with Crippen LogP contribution in [0, 0.1) is 5.92 Å². The second-order valence-corrected chi connectivity index (χ2v) is 11.4. The van der Waals surface area contributed by atoms with E-state index in [4.69, 9.17) is 10.5 Å². The number of alkyl carbamates (subject to hydrolysis) is 1. The molecule has 5 rings (SSSR count). The Morgan fingerprint density at radius 1 is 0.848 bits per heavy atom. The Hall–Kier alpha value is -5.44. The SMILES string of the molecule is C=CC[C@H](CNC(=O)[C@H](CC(N)=O)NC(=O)CNC(=O)OCC1c2ccccc2-c2ccccc21)Cc1cccc2ccccc12. The molecule has 0 fully saturated rings. The number of rotatable bonds is 14. The van der Waals surface area contributed by atoms with Crippen LogP contribution in [0.3, 0.4) is 0 Å². The van der Waals surface area contributed by atoms with Crippen LogP contribution in [-0.4, -0.2) is 49.6 Å². The quantitative estimate of drug-likeness (QED) is 0.153. The van der Waals surface area contributed by atoms with E-state index in [0.29, 0.717) is 19.4 Å². The Kier molecular flexibility index (Phi) is 10.4. The van der Waals surface area contributed by atoms with E-state index in [1.165, 1.54) is 0 Å². The van der Waals surface area contributed by atoms with Crippen molar-refractivity contribution < 1.29 is 23.9 Å². The second-order valence-electron chi connectivity index (χ2n) is 11.4. The van der Waals surface area contributed by atoms with Gasteiger partial charge in [0.2, 0.25) is 17.7 Å². The van der Waals surface area contributed by atoms with Gasteiger partial charge in [0.15, 0.2) is 0 Å². The van der Waals surface area contributed by atoms with Crippen molar-refractivity contribution >= 4 is 34.6 Å².